The number of esters is 1. The summed E-state index contributed by atoms with van der Waals surface area (Å²) in [4.78, 5) is 30.7. The smallest absolute Gasteiger partial charge is 0.315 e. The van der Waals surface area contributed by atoms with Crippen LogP contribution < -0.4 is 4.74 Å². The molecule has 0 N–H and O–H groups in total. The van der Waals surface area contributed by atoms with Crippen LogP contribution in [-0.4, -0.2) is 30.7 Å². The molecule has 29 heavy (non-hydrogen) atoms. The lowest BCUT2D eigenvalue weighted by molar-refractivity contribution is -0.146. The van der Waals surface area contributed by atoms with E-state index in [1.54, 1.807) is 0 Å². The number of nitrogens with zero attached hydrogens (tertiary/aromatic N) is 1. The molecule has 1 aromatic carbocycles. The van der Waals surface area contributed by atoms with Gasteiger partial charge in [-0.2, -0.15) is 0 Å². The number of unbranched alkanes of at least 4 members (excludes halogenated alkanes) is 1. The molecule has 2 atom stereocenters. The minimum atomic E-state index is -0.598. The monoisotopic (exact) mass is 397 g/mol. The molecule has 0 saturated heterocycles. The van der Waals surface area contributed by atoms with E-state index in [1.807, 2.05) is 31.2 Å². The summed E-state index contributed by atoms with van der Waals surface area (Å²) in [6, 6.07) is 7.74. The zero-order valence-electron chi connectivity index (χ0n) is 17.7. The standard InChI is InChI=1S/C24H31NO4/c1-4-6-15-29-24(27)21-16(3)25-18-11-9-12-19(26)23(18)22(21)17-10-7-8-13-20(17)28-14-5-2/h7-8,10,13,21-22H,4-6,9,11-12,14-15H2,1-3H3/t21?,22-/m1/s1. The van der Waals surface area contributed by atoms with E-state index < -0.39 is 11.8 Å². The Morgan fingerprint density at radius 2 is 1.93 bits per heavy atom. The van der Waals surface area contributed by atoms with E-state index in [9.17, 15) is 9.59 Å². The van der Waals surface area contributed by atoms with Crippen molar-refractivity contribution in [1.29, 1.82) is 0 Å². The molecule has 0 fully saturated rings. The van der Waals surface area contributed by atoms with Crippen LogP contribution in [-0.2, 0) is 14.3 Å². The number of carbonyl (C=O) groups is 2. The number of aliphatic imine (C=N–C) groups is 1. The number of carbonyl (C=O) groups excluding carboxylic acids is 2. The molecule has 5 nitrogen and oxygen atoms in total. The summed E-state index contributed by atoms with van der Waals surface area (Å²) in [6.45, 7) is 6.96. The molecule has 156 valence electrons. The molecule has 2 aliphatic rings. The van der Waals surface area contributed by atoms with Crippen molar-refractivity contribution in [2.24, 2.45) is 10.9 Å². The van der Waals surface area contributed by atoms with Gasteiger partial charge in [-0.1, -0.05) is 38.5 Å². The molecular formula is C24H31NO4. The summed E-state index contributed by atoms with van der Waals surface area (Å²) in [5, 5.41) is 0. The van der Waals surface area contributed by atoms with Gasteiger partial charge in [0.25, 0.3) is 0 Å². The van der Waals surface area contributed by atoms with Crippen LogP contribution in [0.15, 0.2) is 40.5 Å². The number of hydrogen-bond donors (Lipinski definition) is 0. The lowest BCUT2D eigenvalue weighted by Gasteiger charge is -2.35. The Bertz CT molecular complexity index is 824. The number of ether oxygens (including phenoxy) is 2. The number of ketones is 1. The molecular weight excluding hydrogens is 366 g/mol. The molecule has 3 rings (SSSR count). The van der Waals surface area contributed by atoms with E-state index in [4.69, 9.17) is 9.47 Å². The number of hydrogen-bond acceptors (Lipinski definition) is 5. The van der Waals surface area contributed by atoms with Gasteiger partial charge in [0, 0.05) is 34.9 Å². The van der Waals surface area contributed by atoms with Gasteiger partial charge in [0.1, 0.15) is 11.7 Å². The first-order chi connectivity index (χ1) is 14.1. The third kappa shape index (κ3) is 4.60. The molecule has 1 aliphatic carbocycles. The van der Waals surface area contributed by atoms with E-state index in [0.29, 0.717) is 25.2 Å². The van der Waals surface area contributed by atoms with Gasteiger partial charge >= 0.3 is 5.97 Å². The van der Waals surface area contributed by atoms with Gasteiger partial charge in [-0.15, -0.1) is 0 Å². The summed E-state index contributed by atoms with van der Waals surface area (Å²) in [5.41, 5.74) is 3.09. The largest absolute Gasteiger partial charge is 0.493 e. The second-order valence-corrected chi connectivity index (χ2v) is 7.75. The van der Waals surface area contributed by atoms with Crippen molar-refractivity contribution in [2.45, 2.75) is 65.2 Å². The van der Waals surface area contributed by atoms with Gasteiger partial charge in [0.05, 0.1) is 13.2 Å². The fourth-order valence-corrected chi connectivity index (χ4v) is 4.14. The summed E-state index contributed by atoms with van der Waals surface area (Å²) in [6.07, 6.45) is 4.73. The Kier molecular flexibility index (Phi) is 7.24. The van der Waals surface area contributed by atoms with E-state index >= 15 is 0 Å². The fraction of sp³-hybridized carbons (Fsp3) is 0.542. The number of allylic oxidation sites excluding steroid dienone is 2. The molecule has 0 spiro atoms. The second kappa shape index (κ2) is 9.86. The lowest BCUT2D eigenvalue weighted by atomic mass is 9.71. The average Bonchev–Trinajstić information content (AvgIpc) is 2.71. The molecule has 1 unspecified atom stereocenters. The van der Waals surface area contributed by atoms with Crippen LogP contribution in [0.1, 0.15) is 70.8 Å². The number of para-hydroxylation sites is 1. The van der Waals surface area contributed by atoms with Crippen molar-refractivity contribution in [3.8, 4) is 5.75 Å². The van der Waals surface area contributed by atoms with Gasteiger partial charge in [-0.05, 0) is 38.7 Å². The van der Waals surface area contributed by atoms with Crippen LogP contribution in [0, 0.1) is 5.92 Å². The van der Waals surface area contributed by atoms with Crippen LogP contribution in [0.2, 0.25) is 0 Å². The molecule has 0 aromatic heterocycles. The predicted octanol–water partition coefficient (Wildman–Crippen LogP) is 5.00. The van der Waals surface area contributed by atoms with Crippen molar-refractivity contribution in [1.82, 2.24) is 0 Å². The fourth-order valence-electron chi connectivity index (χ4n) is 4.14. The molecule has 0 bridgehead atoms. The minimum absolute atomic E-state index is 0.0872. The maximum Gasteiger partial charge on any atom is 0.315 e. The molecule has 5 heteroatoms. The molecule has 0 radical (unpaired) electrons. The number of Topliss-reactive ketones (excluding diaryl/α,β-unsaturated/α-hetero) is 1. The van der Waals surface area contributed by atoms with E-state index in [-0.39, 0.29) is 11.8 Å². The third-order valence-electron chi connectivity index (χ3n) is 5.55. The van der Waals surface area contributed by atoms with Gasteiger partial charge in [0.2, 0.25) is 0 Å². The third-order valence-corrected chi connectivity index (χ3v) is 5.55. The van der Waals surface area contributed by atoms with Gasteiger partial charge in [-0.3, -0.25) is 14.6 Å². The van der Waals surface area contributed by atoms with E-state index in [2.05, 4.69) is 18.8 Å². The van der Waals surface area contributed by atoms with Crippen LogP contribution in [0.3, 0.4) is 0 Å². The Balaban J connectivity index is 2.07. The van der Waals surface area contributed by atoms with Crippen LogP contribution >= 0.6 is 0 Å². The number of benzene rings is 1. The Labute approximate surface area is 173 Å². The maximum absolute atomic E-state index is 13.1. The Morgan fingerprint density at radius 3 is 2.69 bits per heavy atom. The first-order valence-electron chi connectivity index (χ1n) is 10.8. The Morgan fingerprint density at radius 1 is 1.14 bits per heavy atom. The second-order valence-electron chi connectivity index (χ2n) is 7.75. The van der Waals surface area contributed by atoms with Gasteiger partial charge in [0.15, 0.2) is 5.78 Å². The zero-order chi connectivity index (χ0) is 20.8. The molecule has 0 amide bonds. The maximum atomic E-state index is 13.1. The first kappa shape index (κ1) is 21.3. The van der Waals surface area contributed by atoms with Crippen molar-refractivity contribution in [3.63, 3.8) is 0 Å². The molecule has 1 aliphatic heterocycles. The summed E-state index contributed by atoms with van der Waals surface area (Å²) in [7, 11) is 0. The minimum Gasteiger partial charge on any atom is -0.493 e. The highest BCUT2D eigenvalue weighted by Crippen LogP contribution is 2.46. The lowest BCUT2D eigenvalue weighted by Crippen LogP contribution is -2.37. The average molecular weight is 398 g/mol. The first-order valence-corrected chi connectivity index (χ1v) is 10.8. The van der Waals surface area contributed by atoms with E-state index in [1.165, 1.54) is 0 Å². The summed E-state index contributed by atoms with van der Waals surface area (Å²) in [5.74, 6) is -0.494. The molecule has 0 saturated carbocycles. The van der Waals surface area contributed by atoms with Crippen molar-refractivity contribution in [2.75, 3.05) is 13.2 Å². The quantitative estimate of drug-likeness (QED) is 0.457. The SMILES string of the molecule is CCCCOC(=O)C1C(C)=NC2=C(C(=O)CCC2)[C@@H]1c1ccccc1OCCC. The van der Waals surface area contributed by atoms with E-state index in [0.717, 1.165) is 54.8 Å². The van der Waals surface area contributed by atoms with Crippen LogP contribution in [0.4, 0.5) is 0 Å². The highest BCUT2D eigenvalue weighted by Gasteiger charge is 2.44. The van der Waals surface area contributed by atoms with Crippen molar-refractivity contribution >= 4 is 17.5 Å². The topological polar surface area (TPSA) is 65.0 Å². The van der Waals surface area contributed by atoms with Crippen molar-refractivity contribution < 1.29 is 19.1 Å². The molecule has 1 heterocycles. The van der Waals surface area contributed by atoms with Crippen LogP contribution in [0.5, 0.6) is 5.75 Å². The Hall–Kier alpha value is -2.43. The van der Waals surface area contributed by atoms with Gasteiger partial charge < -0.3 is 9.47 Å². The zero-order valence-corrected chi connectivity index (χ0v) is 17.7. The van der Waals surface area contributed by atoms with Crippen molar-refractivity contribution in [3.05, 3.63) is 41.1 Å². The summed E-state index contributed by atoms with van der Waals surface area (Å²) >= 11 is 0. The predicted molar refractivity (Wildman–Crippen MR) is 113 cm³/mol. The van der Waals surface area contributed by atoms with Gasteiger partial charge in [-0.25, -0.2) is 0 Å². The summed E-state index contributed by atoms with van der Waals surface area (Å²) < 4.78 is 11.6. The highest BCUT2D eigenvalue weighted by atomic mass is 16.5. The molecule has 1 aromatic rings. The van der Waals surface area contributed by atoms with Crippen LogP contribution in [0.25, 0.3) is 0 Å². The normalized spacial score (nSPS) is 21.5. The highest BCUT2D eigenvalue weighted by molar-refractivity contribution is 6.09. The number of rotatable bonds is 8.